The van der Waals surface area contributed by atoms with Crippen molar-refractivity contribution in [3.8, 4) is 5.75 Å². The van der Waals surface area contributed by atoms with E-state index in [-0.39, 0.29) is 6.54 Å². The maximum atomic E-state index is 12.2. The Balaban J connectivity index is 1.51. The normalized spacial score (nSPS) is 11.3. The van der Waals surface area contributed by atoms with Gasteiger partial charge in [-0.1, -0.05) is 18.2 Å². The van der Waals surface area contributed by atoms with E-state index in [0.29, 0.717) is 51.4 Å². The highest BCUT2D eigenvalue weighted by Gasteiger charge is 2.38. The SMILES string of the molecule is O=C(NCCCCOc1cc(CNCc2ccccn2)cc(CNCc2ccccn2)c1)C(F)(F)F. The highest BCUT2D eigenvalue weighted by Crippen LogP contribution is 2.19. The van der Waals surface area contributed by atoms with E-state index in [1.807, 2.05) is 53.8 Å². The van der Waals surface area contributed by atoms with Crippen molar-refractivity contribution in [1.82, 2.24) is 25.9 Å². The van der Waals surface area contributed by atoms with Crippen molar-refractivity contribution in [2.45, 2.75) is 45.2 Å². The second-order valence-electron chi connectivity index (χ2n) is 8.14. The van der Waals surface area contributed by atoms with E-state index in [0.717, 1.165) is 22.5 Å². The molecule has 2 aromatic heterocycles. The third-order valence-corrected chi connectivity index (χ3v) is 5.13. The molecule has 0 fully saturated rings. The highest BCUT2D eigenvalue weighted by molar-refractivity contribution is 5.81. The van der Waals surface area contributed by atoms with Crippen molar-refractivity contribution in [2.75, 3.05) is 13.2 Å². The number of hydrogen-bond acceptors (Lipinski definition) is 6. The minimum atomic E-state index is -4.86. The Morgan fingerprint density at radius 1 is 0.806 bits per heavy atom. The number of benzene rings is 1. The quantitative estimate of drug-likeness (QED) is 0.291. The van der Waals surface area contributed by atoms with Gasteiger partial charge in [-0.2, -0.15) is 13.2 Å². The molecule has 0 unspecified atom stereocenters. The Labute approximate surface area is 208 Å². The zero-order chi connectivity index (χ0) is 25.6. The van der Waals surface area contributed by atoms with Gasteiger partial charge in [-0.3, -0.25) is 14.8 Å². The number of aromatic nitrogens is 2. The number of nitrogens with one attached hydrogen (secondary N) is 3. The Kier molecular flexibility index (Phi) is 10.7. The lowest BCUT2D eigenvalue weighted by Gasteiger charge is -2.13. The van der Waals surface area contributed by atoms with Crippen molar-refractivity contribution >= 4 is 5.91 Å². The van der Waals surface area contributed by atoms with Crippen molar-refractivity contribution < 1.29 is 22.7 Å². The molecular weight excluding hydrogens is 471 g/mol. The predicted molar refractivity (Wildman–Crippen MR) is 130 cm³/mol. The van der Waals surface area contributed by atoms with E-state index in [1.54, 1.807) is 12.4 Å². The van der Waals surface area contributed by atoms with Crippen LogP contribution in [0.3, 0.4) is 0 Å². The van der Waals surface area contributed by atoms with E-state index in [1.165, 1.54) is 0 Å². The van der Waals surface area contributed by atoms with Gasteiger partial charge < -0.3 is 20.7 Å². The lowest BCUT2D eigenvalue weighted by atomic mass is 10.1. The number of amides is 1. The number of nitrogens with zero attached hydrogens (tertiary/aromatic N) is 2. The first-order valence-corrected chi connectivity index (χ1v) is 11.7. The molecule has 0 bridgehead atoms. The Hall–Kier alpha value is -3.50. The highest BCUT2D eigenvalue weighted by atomic mass is 19.4. The van der Waals surface area contributed by atoms with Gasteiger partial charge >= 0.3 is 12.1 Å². The van der Waals surface area contributed by atoms with Gasteiger partial charge in [0, 0.05) is 45.1 Å². The predicted octanol–water partition coefficient (Wildman–Crippen LogP) is 3.89. The summed E-state index contributed by atoms with van der Waals surface area (Å²) in [4.78, 5) is 19.5. The third-order valence-electron chi connectivity index (χ3n) is 5.13. The van der Waals surface area contributed by atoms with Gasteiger partial charge in [0.25, 0.3) is 0 Å². The van der Waals surface area contributed by atoms with E-state index >= 15 is 0 Å². The summed E-state index contributed by atoms with van der Waals surface area (Å²) in [6, 6.07) is 17.5. The van der Waals surface area contributed by atoms with Gasteiger partial charge in [-0.25, -0.2) is 0 Å². The number of alkyl halides is 3. The maximum absolute atomic E-state index is 12.2. The van der Waals surface area contributed by atoms with Crippen LogP contribution in [0.4, 0.5) is 13.2 Å². The summed E-state index contributed by atoms with van der Waals surface area (Å²) >= 11 is 0. The van der Waals surface area contributed by atoms with Gasteiger partial charge in [-0.15, -0.1) is 0 Å². The molecule has 2 heterocycles. The number of pyridine rings is 2. The van der Waals surface area contributed by atoms with Crippen molar-refractivity contribution in [3.05, 3.63) is 89.5 Å². The molecule has 0 saturated heterocycles. The Bertz CT molecular complexity index is 1000. The Morgan fingerprint density at radius 3 is 1.89 bits per heavy atom. The molecule has 0 aliphatic rings. The molecule has 3 rings (SSSR count). The number of rotatable bonds is 14. The van der Waals surface area contributed by atoms with Crippen LogP contribution in [0.5, 0.6) is 5.75 Å². The molecule has 3 aromatic rings. The molecule has 0 radical (unpaired) electrons. The smallest absolute Gasteiger partial charge is 0.471 e. The van der Waals surface area contributed by atoms with E-state index in [9.17, 15) is 18.0 Å². The van der Waals surface area contributed by atoms with Gasteiger partial charge in [0.15, 0.2) is 0 Å². The maximum Gasteiger partial charge on any atom is 0.471 e. The van der Waals surface area contributed by atoms with Crippen LogP contribution < -0.4 is 20.7 Å². The lowest BCUT2D eigenvalue weighted by molar-refractivity contribution is -0.173. The van der Waals surface area contributed by atoms with Crippen LogP contribution in [-0.2, 0) is 31.0 Å². The van der Waals surface area contributed by atoms with Gasteiger partial charge in [0.2, 0.25) is 0 Å². The second kappa shape index (κ2) is 14.2. The summed E-state index contributed by atoms with van der Waals surface area (Å²) in [7, 11) is 0. The summed E-state index contributed by atoms with van der Waals surface area (Å²) in [6.07, 6.45) is -0.460. The summed E-state index contributed by atoms with van der Waals surface area (Å²) < 4.78 is 42.6. The van der Waals surface area contributed by atoms with Crippen molar-refractivity contribution in [2.24, 2.45) is 0 Å². The van der Waals surface area contributed by atoms with Gasteiger partial charge in [-0.05, 0) is 60.4 Å². The number of ether oxygens (including phenoxy) is 1. The molecule has 0 saturated carbocycles. The molecule has 3 N–H and O–H groups in total. The lowest BCUT2D eigenvalue weighted by Crippen LogP contribution is -2.37. The molecule has 0 atom stereocenters. The van der Waals surface area contributed by atoms with E-state index in [2.05, 4.69) is 26.7 Å². The fourth-order valence-corrected chi connectivity index (χ4v) is 3.41. The van der Waals surface area contributed by atoms with E-state index < -0.39 is 12.1 Å². The average Bonchev–Trinajstić information content (AvgIpc) is 2.87. The number of carbonyl (C=O) groups is 1. The Morgan fingerprint density at radius 2 is 1.39 bits per heavy atom. The molecule has 0 aliphatic carbocycles. The second-order valence-corrected chi connectivity index (χ2v) is 8.14. The summed E-state index contributed by atoms with van der Waals surface area (Å²) in [6.45, 7) is 2.76. The molecule has 36 heavy (non-hydrogen) atoms. The minimum absolute atomic E-state index is 0.0537. The molecule has 1 aromatic carbocycles. The van der Waals surface area contributed by atoms with Crippen LogP contribution in [-0.4, -0.2) is 35.2 Å². The van der Waals surface area contributed by atoms with E-state index in [4.69, 9.17) is 4.74 Å². The average molecular weight is 502 g/mol. The number of halogens is 3. The van der Waals surface area contributed by atoms with Crippen LogP contribution in [0.1, 0.15) is 35.4 Å². The molecule has 7 nitrogen and oxygen atoms in total. The molecule has 192 valence electrons. The molecule has 10 heteroatoms. The summed E-state index contributed by atoms with van der Waals surface area (Å²) in [5, 5.41) is 8.63. The summed E-state index contributed by atoms with van der Waals surface area (Å²) in [5.41, 5.74) is 3.96. The topological polar surface area (TPSA) is 88.2 Å². The third kappa shape index (κ3) is 10.0. The molecule has 1 amide bonds. The van der Waals surface area contributed by atoms with Crippen LogP contribution in [0.25, 0.3) is 0 Å². The number of carbonyl (C=O) groups excluding carboxylic acids is 1. The standard InChI is InChI=1S/C26H30F3N5O2/c27-26(28,29)25(35)34-11-5-6-12-36-24-14-20(16-30-18-22-7-1-3-9-32-22)13-21(15-24)17-31-19-23-8-2-4-10-33-23/h1-4,7-10,13-15,30-31H,5-6,11-12,16-19H2,(H,34,35). The van der Waals surface area contributed by atoms with Crippen LogP contribution in [0.15, 0.2) is 67.0 Å². The van der Waals surface area contributed by atoms with Crippen LogP contribution in [0.2, 0.25) is 0 Å². The zero-order valence-electron chi connectivity index (χ0n) is 19.9. The van der Waals surface area contributed by atoms with Gasteiger partial charge in [0.05, 0.1) is 18.0 Å². The van der Waals surface area contributed by atoms with Crippen LogP contribution in [0, 0.1) is 0 Å². The number of hydrogen-bond donors (Lipinski definition) is 3. The van der Waals surface area contributed by atoms with Gasteiger partial charge in [0.1, 0.15) is 5.75 Å². The monoisotopic (exact) mass is 501 g/mol. The fourth-order valence-electron chi connectivity index (χ4n) is 3.41. The molecular formula is C26H30F3N5O2. The number of unbranched alkanes of at least 4 members (excludes halogenated alkanes) is 1. The first-order valence-electron chi connectivity index (χ1n) is 11.7. The first kappa shape index (κ1) is 27.1. The molecule has 0 spiro atoms. The fraction of sp³-hybridized carbons (Fsp3) is 0.346. The summed E-state index contributed by atoms with van der Waals surface area (Å²) in [5.74, 6) is -1.24. The first-order chi connectivity index (χ1) is 17.4. The van der Waals surface area contributed by atoms with Crippen molar-refractivity contribution in [3.63, 3.8) is 0 Å². The minimum Gasteiger partial charge on any atom is -0.494 e. The van der Waals surface area contributed by atoms with Crippen LogP contribution >= 0.6 is 0 Å². The molecule has 0 aliphatic heterocycles. The largest absolute Gasteiger partial charge is 0.494 e. The van der Waals surface area contributed by atoms with Crippen molar-refractivity contribution in [1.29, 1.82) is 0 Å². The zero-order valence-corrected chi connectivity index (χ0v) is 19.9.